The first-order chi connectivity index (χ1) is 13.1. The van der Waals surface area contributed by atoms with E-state index in [2.05, 4.69) is 11.9 Å². The Hall–Kier alpha value is -1.79. The summed E-state index contributed by atoms with van der Waals surface area (Å²) >= 11 is 0. The molecule has 2 N–H and O–H groups in total. The molecule has 2 fully saturated rings. The van der Waals surface area contributed by atoms with E-state index in [9.17, 15) is 4.79 Å². The van der Waals surface area contributed by atoms with Crippen LogP contribution in [0, 0.1) is 5.41 Å². The molecule has 2 aliphatic heterocycles. The van der Waals surface area contributed by atoms with Gasteiger partial charge in [0, 0.05) is 25.7 Å². The third-order valence-corrected chi connectivity index (χ3v) is 6.18. The van der Waals surface area contributed by atoms with Crippen LogP contribution >= 0.6 is 0 Å². The molecule has 1 aromatic rings. The van der Waals surface area contributed by atoms with Crippen molar-refractivity contribution in [3.05, 3.63) is 23.8 Å². The predicted molar refractivity (Wildman–Crippen MR) is 106 cm³/mol. The Bertz CT molecular complexity index is 642. The van der Waals surface area contributed by atoms with Crippen molar-refractivity contribution in [2.24, 2.45) is 11.1 Å². The zero-order valence-electron chi connectivity index (χ0n) is 16.7. The maximum absolute atomic E-state index is 13.2. The fraction of sp³-hybridized carbons (Fsp3) is 0.667. The second-order valence-corrected chi connectivity index (χ2v) is 7.95. The maximum Gasteiger partial charge on any atom is 0.257 e. The van der Waals surface area contributed by atoms with Gasteiger partial charge in [0.15, 0.2) is 0 Å². The number of ether oxygens (including phenoxy) is 2. The van der Waals surface area contributed by atoms with Crippen LogP contribution in [0.15, 0.2) is 18.2 Å². The lowest BCUT2D eigenvalue weighted by molar-refractivity contribution is 0.0730. The van der Waals surface area contributed by atoms with Gasteiger partial charge in [-0.05, 0) is 69.8 Å². The van der Waals surface area contributed by atoms with Crippen LogP contribution in [0.2, 0.25) is 0 Å². The van der Waals surface area contributed by atoms with E-state index in [1.165, 1.54) is 32.4 Å². The van der Waals surface area contributed by atoms with Gasteiger partial charge in [-0.15, -0.1) is 0 Å². The number of hydrogen-bond donors (Lipinski definition) is 1. The van der Waals surface area contributed by atoms with E-state index in [4.69, 9.17) is 15.2 Å². The average Bonchev–Trinajstić information content (AvgIpc) is 2.91. The summed E-state index contributed by atoms with van der Waals surface area (Å²) in [5.74, 6) is 1.29. The zero-order valence-corrected chi connectivity index (χ0v) is 16.7. The first-order valence-corrected chi connectivity index (χ1v) is 10.1. The molecular weight excluding hydrogens is 342 g/mol. The second kappa shape index (κ2) is 8.93. The van der Waals surface area contributed by atoms with Crippen molar-refractivity contribution in [1.29, 1.82) is 0 Å². The number of rotatable bonds is 5. The number of piperidine rings is 1. The van der Waals surface area contributed by atoms with Crippen LogP contribution in [0.3, 0.4) is 0 Å². The minimum atomic E-state index is 0.0506. The van der Waals surface area contributed by atoms with Gasteiger partial charge in [0.05, 0.1) is 12.7 Å². The summed E-state index contributed by atoms with van der Waals surface area (Å²) < 4.78 is 11.0. The molecule has 2 heterocycles. The fourth-order valence-electron chi connectivity index (χ4n) is 4.31. The molecule has 27 heavy (non-hydrogen) atoms. The van der Waals surface area contributed by atoms with Gasteiger partial charge in [-0.2, -0.15) is 0 Å². The van der Waals surface area contributed by atoms with Crippen LogP contribution in [-0.2, 0) is 0 Å². The number of nitrogens with zero attached hydrogens (tertiary/aromatic N) is 2. The zero-order chi connectivity index (χ0) is 19.3. The van der Waals surface area contributed by atoms with Crippen LogP contribution in [0.5, 0.6) is 11.5 Å². The predicted octanol–water partition coefficient (Wildman–Crippen LogP) is 2.37. The standard InChI is InChI=1S/C21H33N3O3/c1-23-12-7-21(8-13-23)6-3-11-24(14-9-21)20(25)18-5-4-17(26-2)16-19(18)27-15-10-22/h4-5,16H,3,6-15,22H2,1-2H3. The van der Waals surface area contributed by atoms with Crippen LogP contribution < -0.4 is 15.2 Å². The first kappa shape index (κ1) is 20.0. The lowest BCUT2D eigenvalue weighted by atomic mass is 9.73. The summed E-state index contributed by atoms with van der Waals surface area (Å²) in [6.45, 7) is 4.77. The Morgan fingerprint density at radius 1 is 1.15 bits per heavy atom. The van der Waals surface area contributed by atoms with Crippen molar-refractivity contribution >= 4 is 5.91 Å². The molecule has 0 aromatic heterocycles. The Morgan fingerprint density at radius 3 is 2.59 bits per heavy atom. The number of carbonyl (C=O) groups is 1. The molecule has 0 aliphatic carbocycles. The van der Waals surface area contributed by atoms with Gasteiger partial charge in [-0.25, -0.2) is 0 Å². The molecule has 1 spiro atoms. The molecule has 0 saturated carbocycles. The summed E-state index contributed by atoms with van der Waals surface area (Å²) in [4.78, 5) is 17.6. The Morgan fingerprint density at radius 2 is 1.89 bits per heavy atom. The van der Waals surface area contributed by atoms with Crippen LogP contribution in [0.25, 0.3) is 0 Å². The largest absolute Gasteiger partial charge is 0.497 e. The number of likely N-dealkylation sites (tertiary alicyclic amines) is 2. The van der Waals surface area contributed by atoms with Gasteiger partial charge in [0.1, 0.15) is 18.1 Å². The molecule has 3 rings (SSSR count). The minimum absolute atomic E-state index is 0.0506. The topological polar surface area (TPSA) is 68.0 Å². The summed E-state index contributed by atoms with van der Waals surface area (Å²) in [6, 6.07) is 5.40. The highest BCUT2D eigenvalue weighted by atomic mass is 16.5. The van der Waals surface area contributed by atoms with E-state index in [-0.39, 0.29) is 5.91 Å². The third-order valence-electron chi connectivity index (χ3n) is 6.18. The molecule has 6 nitrogen and oxygen atoms in total. The van der Waals surface area contributed by atoms with E-state index in [1.807, 2.05) is 17.0 Å². The van der Waals surface area contributed by atoms with Crippen LogP contribution in [0.1, 0.15) is 42.5 Å². The normalized spacial score (nSPS) is 20.3. The maximum atomic E-state index is 13.2. The second-order valence-electron chi connectivity index (χ2n) is 7.95. The van der Waals surface area contributed by atoms with Crippen molar-refractivity contribution in [2.45, 2.75) is 32.1 Å². The molecule has 0 atom stereocenters. The summed E-state index contributed by atoms with van der Waals surface area (Å²) in [6.07, 6.45) is 5.90. The molecule has 2 saturated heterocycles. The van der Waals surface area contributed by atoms with Crippen molar-refractivity contribution < 1.29 is 14.3 Å². The van der Waals surface area contributed by atoms with E-state index in [0.717, 1.165) is 25.9 Å². The third kappa shape index (κ3) is 4.74. The molecule has 1 aromatic carbocycles. The molecule has 0 radical (unpaired) electrons. The Balaban J connectivity index is 1.72. The van der Waals surface area contributed by atoms with E-state index in [1.54, 1.807) is 13.2 Å². The highest BCUT2D eigenvalue weighted by molar-refractivity contribution is 5.97. The van der Waals surface area contributed by atoms with Gasteiger partial charge < -0.3 is 25.0 Å². The SMILES string of the molecule is COc1ccc(C(=O)N2CCCC3(CCN(C)CC3)CC2)c(OCCN)c1. The van der Waals surface area contributed by atoms with Crippen LogP contribution in [-0.4, -0.2) is 69.2 Å². The summed E-state index contributed by atoms with van der Waals surface area (Å²) in [5.41, 5.74) is 6.59. The number of hydrogen-bond acceptors (Lipinski definition) is 5. The molecule has 2 aliphatic rings. The van der Waals surface area contributed by atoms with Gasteiger partial charge in [-0.3, -0.25) is 4.79 Å². The summed E-state index contributed by atoms with van der Waals surface area (Å²) in [5, 5.41) is 0. The Kier molecular flexibility index (Phi) is 6.60. The van der Waals surface area contributed by atoms with Crippen LogP contribution in [0.4, 0.5) is 0 Å². The first-order valence-electron chi connectivity index (χ1n) is 10.1. The van der Waals surface area contributed by atoms with Crippen molar-refractivity contribution in [3.63, 3.8) is 0 Å². The number of benzene rings is 1. The quantitative estimate of drug-likeness (QED) is 0.856. The highest BCUT2D eigenvalue weighted by Crippen LogP contribution is 2.41. The Labute approximate surface area is 162 Å². The average molecular weight is 376 g/mol. The molecule has 0 bridgehead atoms. The van der Waals surface area contributed by atoms with E-state index < -0.39 is 0 Å². The molecule has 6 heteroatoms. The number of amides is 1. The van der Waals surface area contributed by atoms with Gasteiger partial charge in [0.2, 0.25) is 0 Å². The number of methoxy groups -OCH3 is 1. The molecular formula is C21H33N3O3. The lowest BCUT2D eigenvalue weighted by Gasteiger charge is -2.40. The highest BCUT2D eigenvalue weighted by Gasteiger charge is 2.36. The van der Waals surface area contributed by atoms with Crippen molar-refractivity contribution in [2.75, 3.05) is 53.5 Å². The summed E-state index contributed by atoms with van der Waals surface area (Å²) in [7, 11) is 3.81. The molecule has 1 amide bonds. The fourth-order valence-corrected chi connectivity index (χ4v) is 4.31. The van der Waals surface area contributed by atoms with Gasteiger partial charge in [0.25, 0.3) is 5.91 Å². The molecule has 0 unspecified atom stereocenters. The number of nitrogens with two attached hydrogens (primary N) is 1. The van der Waals surface area contributed by atoms with Crippen molar-refractivity contribution in [1.82, 2.24) is 9.80 Å². The lowest BCUT2D eigenvalue weighted by Crippen LogP contribution is -2.39. The van der Waals surface area contributed by atoms with Gasteiger partial charge in [-0.1, -0.05) is 0 Å². The minimum Gasteiger partial charge on any atom is -0.497 e. The monoisotopic (exact) mass is 375 g/mol. The van der Waals surface area contributed by atoms with Crippen molar-refractivity contribution in [3.8, 4) is 11.5 Å². The number of carbonyl (C=O) groups excluding carboxylic acids is 1. The smallest absolute Gasteiger partial charge is 0.257 e. The molecule has 150 valence electrons. The van der Waals surface area contributed by atoms with Gasteiger partial charge >= 0.3 is 0 Å². The van der Waals surface area contributed by atoms with E-state index in [0.29, 0.717) is 35.6 Å². The van der Waals surface area contributed by atoms with E-state index >= 15 is 0 Å².